The molecule has 0 aliphatic rings. The molecule has 2 aromatic rings. The molecule has 1 N–H and O–H groups in total. The van der Waals surface area contributed by atoms with E-state index in [-0.39, 0.29) is 24.6 Å². The zero-order valence-electron chi connectivity index (χ0n) is 15.0. The van der Waals surface area contributed by atoms with Gasteiger partial charge in [0.25, 0.3) is 5.91 Å². The normalized spacial score (nSPS) is 10.6. The summed E-state index contributed by atoms with van der Waals surface area (Å²) >= 11 is 1.37. The Morgan fingerprint density at radius 3 is 2.65 bits per heavy atom. The van der Waals surface area contributed by atoms with E-state index in [0.717, 1.165) is 10.6 Å². The number of nitrogens with one attached hydrogen (secondary N) is 1. The van der Waals surface area contributed by atoms with Gasteiger partial charge in [0.1, 0.15) is 12.4 Å². The van der Waals surface area contributed by atoms with Gasteiger partial charge in [-0.2, -0.15) is 0 Å². The van der Waals surface area contributed by atoms with Crippen LogP contribution < -0.4 is 5.32 Å². The number of amides is 2. The summed E-state index contributed by atoms with van der Waals surface area (Å²) < 4.78 is 18.9. The van der Waals surface area contributed by atoms with Crippen molar-refractivity contribution >= 4 is 28.3 Å². The topological polar surface area (TPSA) is 71.5 Å². The van der Waals surface area contributed by atoms with Crippen LogP contribution in [0.15, 0.2) is 24.3 Å². The third-order valence-corrected chi connectivity index (χ3v) is 4.77. The number of anilines is 1. The number of hydrogen-bond donors (Lipinski definition) is 1. The zero-order chi connectivity index (χ0) is 19.1. The largest absolute Gasteiger partial charge is 0.385 e. The number of aryl methyl sites for hydroxylation is 2. The van der Waals surface area contributed by atoms with Gasteiger partial charge in [-0.25, -0.2) is 9.37 Å². The van der Waals surface area contributed by atoms with Crippen molar-refractivity contribution in [3.8, 4) is 0 Å². The number of halogens is 1. The predicted molar refractivity (Wildman–Crippen MR) is 99.0 cm³/mol. The van der Waals surface area contributed by atoms with Crippen LogP contribution in [0.2, 0.25) is 0 Å². The van der Waals surface area contributed by atoms with Crippen molar-refractivity contribution in [2.45, 2.75) is 20.3 Å². The second-order valence-corrected chi connectivity index (χ2v) is 6.96. The van der Waals surface area contributed by atoms with Gasteiger partial charge < -0.3 is 15.0 Å². The molecule has 0 unspecified atom stereocenters. The number of methoxy groups -OCH3 is 1. The lowest BCUT2D eigenvalue weighted by molar-refractivity contribution is -0.116. The SMILES string of the molecule is COCCCN(CC(=O)Nc1nc(C)c(C)s1)C(=O)c1ccccc1F. The summed E-state index contributed by atoms with van der Waals surface area (Å²) in [5.41, 5.74) is 0.795. The highest BCUT2D eigenvalue weighted by molar-refractivity contribution is 7.15. The van der Waals surface area contributed by atoms with Gasteiger partial charge in [-0.15, -0.1) is 11.3 Å². The molecule has 0 atom stereocenters. The Bertz CT molecular complexity index is 759. The molecule has 0 saturated heterocycles. The van der Waals surface area contributed by atoms with E-state index in [0.29, 0.717) is 18.2 Å². The maximum atomic E-state index is 13.9. The van der Waals surface area contributed by atoms with Crippen LogP contribution in [0, 0.1) is 19.7 Å². The van der Waals surface area contributed by atoms with Crippen LogP contribution in [0.4, 0.5) is 9.52 Å². The van der Waals surface area contributed by atoms with E-state index in [1.54, 1.807) is 13.2 Å². The number of thiazole rings is 1. The molecular weight excluding hydrogens is 357 g/mol. The van der Waals surface area contributed by atoms with E-state index < -0.39 is 11.7 Å². The molecule has 0 saturated carbocycles. The van der Waals surface area contributed by atoms with Crippen LogP contribution in [0.5, 0.6) is 0 Å². The first-order valence-electron chi connectivity index (χ1n) is 8.19. The lowest BCUT2D eigenvalue weighted by atomic mass is 10.1. The van der Waals surface area contributed by atoms with Crippen molar-refractivity contribution in [2.24, 2.45) is 0 Å². The average molecular weight is 379 g/mol. The lowest BCUT2D eigenvalue weighted by Crippen LogP contribution is -2.39. The first-order chi connectivity index (χ1) is 12.4. The van der Waals surface area contributed by atoms with E-state index in [4.69, 9.17) is 4.74 Å². The second-order valence-electron chi connectivity index (χ2n) is 5.76. The summed E-state index contributed by atoms with van der Waals surface area (Å²) in [6, 6.07) is 5.74. The number of ether oxygens (including phenoxy) is 1. The van der Waals surface area contributed by atoms with Crippen LogP contribution in [0.25, 0.3) is 0 Å². The highest BCUT2D eigenvalue weighted by Crippen LogP contribution is 2.21. The molecule has 8 heteroatoms. The fourth-order valence-corrected chi connectivity index (χ4v) is 3.15. The van der Waals surface area contributed by atoms with Gasteiger partial charge in [-0.1, -0.05) is 12.1 Å². The summed E-state index contributed by atoms with van der Waals surface area (Å²) in [5.74, 6) is -1.51. The van der Waals surface area contributed by atoms with Gasteiger partial charge in [0.2, 0.25) is 5.91 Å². The van der Waals surface area contributed by atoms with Gasteiger partial charge in [0, 0.05) is 25.1 Å². The van der Waals surface area contributed by atoms with Crippen molar-refractivity contribution < 1.29 is 18.7 Å². The minimum absolute atomic E-state index is 0.0568. The molecule has 1 aromatic carbocycles. The number of nitrogens with zero attached hydrogens (tertiary/aromatic N) is 2. The molecule has 0 spiro atoms. The molecule has 2 amide bonds. The van der Waals surface area contributed by atoms with Gasteiger partial charge in [0.05, 0.1) is 11.3 Å². The van der Waals surface area contributed by atoms with Gasteiger partial charge in [0.15, 0.2) is 5.13 Å². The molecule has 140 valence electrons. The third kappa shape index (κ3) is 5.34. The fraction of sp³-hybridized carbons (Fsp3) is 0.389. The fourth-order valence-electron chi connectivity index (χ4n) is 2.32. The number of hydrogen-bond acceptors (Lipinski definition) is 5. The number of carbonyl (C=O) groups excluding carboxylic acids is 2. The monoisotopic (exact) mass is 379 g/mol. The van der Waals surface area contributed by atoms with Crippen molar-refractivity contribution in [3.63, 3.8) is 0 Å². The van der Waals surface area contributed by atoms with Crippen LogP contribution >= 0.6 is 11.3 Å². The average Bonchev–Trinajstić information content (AvgIpc) is 2.91. The van der Waals surface area contributed by atoms with Crippen LogP contribution in [-0.2, 0) is 9.53 Å². The molecular formula is C18H22FN3O3S. The summed E-state index contributed by atoms with van der Waals surface area (Å²) in [7, 11) is 1.56. The minimum Gasteiger partial charge on any atom is -0.385 e. The second kappa shape index (κ2) is 9.40. The standard InChI is InChI=1S/C18H22FN3O3S/c1-12-13(2)26-18(20-12)21-16(23)11-22(9-6-10-25-3)17(24)14-7-4-5-8-15(14)19/h4-5,7-8H,6,9-11H2,1-3H3,(H,20,21,23). The Morgan fingerprint density at radius 1 is 1.31 bits per heavy atom. The highest BCUT2D eigenvalue weighted by Gasteiger charge is 2.21. The van der Waals surface area contributed by atoms with Gasteiger partial charge in [-0.3, -0.25) is 9.59 Å². The first kappa shape index (κ1) is 20.0. The number of carbonyl (C=O) groups is 2. The van der Waals surface area contributed by atoms with Crippen LogP contribution in [0.1, 0.15) is 27.3 Å². The van der Waals surface area contributed by atoms with Crippen molar-refractivity contribution in [1.82, 2.24) is 9.88 Å². The van der Waals surface area contributed by atoms with E-state index in [1.807, 2.05) is 13.8 Å². The number of benzene rings is 1. The molecule has 2 rings (SSSR count). The third-order valence-electron chi connectivity index (χ3n) is 3.78. The minimum atomic E-state index is -0.610. The van der Waals surface area contributed by atoms with Crippen molar-refractivity contribution in [1.29, 1.82) is 0 Å². The Balaban J connectivity index is 2.09. The predicted octanol–water partition coefficient (Wildman–Crippen LogP) is 3.02. The smallest absolute Gasteiger partial charge is 0.257 e. The summed E-state index contributed by atoms with van der Waals surface area (Å²) in [6.07, 6.45) is 0.541. The Labute approximate surface area is 156 Å². The lowest BCUT2D eigenvalue weighted by Gasteiger charge is -2.22. The molecule has 0 fully saturated rings. The van der Waals surface area contributed by atoms with Gasteiger partial charge >= 0.3 is 0 Å². The maximum absolute atomic E-state index is 13.9. The van der Waals surface area contributed by atoms with E-state index in [9.17, 15) is 14.0 Å². The van der Waals surface area contributed by atoms with Gasteiger partial charge in [-0.05, 0) is 32.4 Å². The Morgan fingerprint density at radius 2 is 2.04 bits per heavy atom. The van der Waals surface area contributed by atoms with E-state index in [1.165, 1.54) is 34.4 Å². The summed E-state index contributed by atoms with van der Waals surface area (Å²) in [6.45, 7) is 4.31. The van der Waals surface area contributed by atoms with Crippen LogP contribution in [0.3, 0.4) is 0 Å². The quantitative estimate of drug-likeness (QED) is 0.716. The number of aromatic nitrogens is 1. The van der Waals surface area contributed by atoms with Crippen LogP contribution in [-0.4, -0.2) is 48.5 Å². The molecule has 0 aliphatic carbocycles. The van der Waals surface area contributed by atoms with Crippen molar-refractivity contribution in [2.75, 3.05) is 32.1 Å². The summed E-state index contributed by atoms with van der Waals surface area (Å²) in [5, 5.41) is 3.18. The Hall–Kier alpha value is -2.32. The number of rotatable bonds is 8. The Kier molecular flexibility index (Phi) is 7.23. The maximum Gasteiger partial charge on any atom is 0.257 e. The molecule has 1 aromatic heterocycles. The molecule has 0 bridgehead atoms. The molecule has 26 heavy (non-hydrogen) atoms. The zero-order valence-corrected chi connectivity index (χ0v) is 15.9. The molecule has 6 nitrogen and oxygen atoms in total. The highest BCUT2D eigenvalue weighted by atomic mass is 32.1. The summed E-state index contributed by atoms with van der Waals surface area (Å²) in [4.78, 5) is 31.6. The first-order valence-corrected chi connectivity index (χ1v) is 9.00. The molecule has 0 aliphatic heterocycles. The molecule has 0 radical (unpaired) electrons. The molecule has 1 heterocycles. The van der Waals surface area contributed by atoms with E-state index >= 15 is 0 Å². The van der Waals surface area contributed by atoms with Crippen molar-refractivity contribution in [3.05, 3.63) is 46.2 Å². The van der Waals surface area contributed by atoms with E-state index in [2.05, 4.69) is 10.3 Å².